The molecule has 0 fully saturated rings. The van der Waals surface area contributed by atoms with Crippen molar-refractivity contribution in [2.75, 3.05) is 25.1 Å². The van der Waals surface area contributed by atoms with Crippen molar-refractivity contribution in [3.63, 3.8) is 0 Å². The number of hydrogen-bond donors (Lipinski definition) is 4. The van der Waals surface area contributed by atoms with Gasteiger partial charge in [-0.05, 0) is 61.5 Å². The maximum absolute atomic E-state index is 12.5. The number of carbonyl (C=O) groups excluding carboxylic acids is 2. The third kappa shape index (κ3) is 4.47. The van der Waals surface area contributed by atoms with Crippen LogP contribution in [-0.4, -0.2) is 46.6 Å². The molecule has 0 bridgehead atoms. The highest BCUT2D eigenvalue weighted by molar-refractivity contribution is 6.14. The monoisotopic (exact) mass is 455 g/mol. The fraction of sp³-hybridized carbons (Fsp3) is 0.115. The van der Waals surface area contributed by atoms with Crippen LogP contribution >= 0.6 is 0 Å². The average Bonchev–Trinajstić information content (AvgIpc) is 3.15. The molecule has 172 valence electrons. The lowest BCUT2D eigenvalue weighted by molar-refractivity contribution is 0.0827. The zero-order chi connectivity index (χ0) is 24.4. The van der Waals surface area contributed by atoms with Crippen LogP contribution < -0.4 is 11.1 Å². The van der Waals surface area contributed by atoms with Crippen molar-refractivity contribution >= 4 is 45.5 Å². The number of rotatable bonds is 5. The number of anilines is 2. The summed E-state index contributed by atoms with van der Waals surface area (Å²) in [5.74, 6) is -0.436. The molecule has 34 heavy (non-hydrogen) atoms. The van der Waals surface area contributed by atoms with Crippen molar-refractivity contribution in [1.29, 1.82) is 0 Å². The number of benzene rings is 3. The van der Waals surface area contributed by atoms with Gasteiger partial charge in [-0.1, -0.05) is 12.1 Å². The largest absolute Gasteiger partial charge is 0.494 e. The molecule has 0 saturated heterocycles. The summed E-state index contributed by atoms with van der Waals surface area (Å²) in [4.78, 5) is 33.9. The molecule has 4 aromatic rings. The maximum Gasteiger partial charge on any atom is 0.255 e. The number of amides is 2. The van der Waals surface area contributed by atoms with E-state index < -0.39 is 0 Å². The van der Waals surface area contributed by atoms with E-state index >= 15 is 0 Å². The second kappa shape index (κ2) is 9.11. The topological polar surface area (TPSA) is 124 Å². The average molecular weight is 456 g/mol. The molecule has 3 aromatic carbocycles. The van der Waals surface area contributed by atoms with Gasteiger partial charge in [0.2, 0.25) is 0 Å². The van der Waals surface area contributed by atoms with Crippen molar-refractivity contribution < 1.29 is 14.7 Å². The zero-order valence-corrected chi connectivity index (χ0v) is 19.1. The molecular formula is C26H25N5O3. The van der Waals surface area contributed by atoms with E-state index in [-0.39, 0.29) is 17.7 Å². The number of para-hydroxylation sites is 2. The zero-order valence-electron chi connectivity index (χ0n) is 19.1. The Labute approximate surface area is 196 Å². The summed E-state index contributed by atoms with van der Waals surface area (Å²) in [6.07, 6.45) is 0. The number of aromatic amines is 1. The van der Waals surface area contributed by atoms with Crippen molar-refractivity contribution in [1.82, 2.24) is 9.88 Å². The summed E-state index contributed by atoms with van der Waals surface area (Å²) in [7, 11) is 3.38. The van der Waals surface area contributed by atoms with Crippen molar-refractivity contribution in [2.45, 2.75) is 6.92 Å². The van der Waals surface area contributed by atoms with Gasteiger partial charge in [-0.2, -0.15) is 0 Å². The van der Waals surface area contributed by atoms with Gasteiger partial charge < -0.3 is 26.0 Å². The first kappa shape index (κ1) is 22.6. The number of aliphatic imine (C=N–C) groups is 1. The maximum atomic E-state index is 12.5. The van der Waals surface area contributed by atoms with E-state index in [4.69, 9.17) is 5.73 Å². The third-order valence-corrected chi connectivity index (χ3v) is 5.43. The summed E-state index contributed by atoms with van der Waals surface area (Å²) in [5, 5.41) is 14.0. The molecule has 8 nitrogen and oxygen atoms in total. The Kier molecular flexibility index (Phi) is 6.05. The number of hydrogen-bond acceptors (Lipinski definition) is 5. The van der Waals surface area contributed by atoms with Crippen LogP contribution in [0.1, 0.15) is 33.2 Å². The Morgan fingerprint density at radius 3 is 2.35 bits per heavy atom. The molecule has 5 N–H and O–H groups in total. The van der Waals surface area contributed by atoms with E-state index in [1.165, 1.54) is 4.90 Å². The molecule has 0 aliphatic heterocycles. The number of aromatic hydroxyl groups is 1. The molecule has 0 radical (unpaired) electrons. The Balaban J connectivity index is 1.60. The van der Waals surface area contributed by atoms with Crippen molar-refractivity contribution in [3.05, 3.63) is 83.4 Å². The smallest absolute Gasteiger partial charge is 0.255 e. The van der Waals surface area contributed by atoms with Gasteiger partial charge in [0.05, 0.1) is 28.3 Å². The highest BCUT2D eigenvalue weighted by atomic mass is 16.3. The Hall–Kier alpha value is -4.59. The van der Waals surface area contributed by atoms with Gasteiger partial charge in [0.1, 0.15) is 0 Å². The van der Waals surface area contributed by atoms with Crippen LogP contribution in [0.25, 0.3) is 10.9 Å². The summed E-state index contributed by atoms with van der Waals surface area (Å²) < 4.78 is 0. The number of nitrogens with two attached hydrogens (primary N) is 1. The summed E-state index contributed by atoms with van der Waals surface area (Å²) >= 11 is 0. The number of fused-ring (bicyclic) bond motifs is 1. The molecular weight excluding hydrogens is 430 g/mol. The van der Waals surface area contributed by atoms with E-state index in [0.29, 0.717) is 50.4 Å². The van der Waals surface area contributed by atoms with Gasteiger partial charge in [0.15, 0.2) is 5.88 Å². The predicted molar refractivity (Wildman–Crippen MR) is 135 cm³/mol. The quantitative estimate of drug-likeness (QED) is 0.260. The minimum Gasteiger partial charge on any atom is -0.494 e. The lowest BCUT2D eigenvalue weighted by Crippen LogP contribution is -2.21. The van der Waals surface area contributed by atoms with E-state index in [1.54, 1.807) is 87.7 Å². The van der Waals surface area contributed by atoms with Crippen molar-refractivity contribution in [2.24, 2.45) is 4.99 Å². The lowest BCUT2D eigenvalue weighted by Gasteiger charge is -2.10. The predicted octanol–water partition coefficient (Wildman–Crippen LogP) is 4.55. The molecule has 1 aromatic heterocycles. The number of nitrogens with zero attached hydrogens (tertiary/aromatic N) is 2. The van der Waals surface area contributed by atoms with Crippen LogP contribution in [0.15, 0.2) is 71.7 Å². The molecule has 0 atom stereocenters. The standard InChI is InChI=1S/C26H25N5O3/c1-15(23-19-14-17(26(34)31(2)3)10-13-21(19)29-25(23)33)28-18-11-8-16(9-12-18)24(32)30-22-7-5-4-6-20(22)27/h4-14,29,33H,27H2,1-3H3,(H,30,32). The Morgan fingerprint density at radius 2 is 1.68 bits per heavy atom. The minimum atomic E-state index is -0.280. The first-order valence-electron chi connectivity index (χ1n) is 10.6. The summed E-state index contributed by atoms with van der Waals surface area (Å²) in [5.41, 5.74) is 10.3. The van der Waals surface area contributed by atoms with Crippen molar-refractivity contribution in [3.8, 4) is 5.88 Å². The van der Waals surface area contributed by atoms with Gasteiger partial charge in [-0.15, -0.1) is 0 Å². The molecule has 1 heterocycles. The van der Waals surface area contributed by atoms with E-state index in [9.17, 15) is 14.7 Å². The van der Waals surface area contributed by atoms with E-state index in [2.05, 4.69) is 15.3 Å². The molecule has 0 spiro atoms. The van der Waals surface area contributed by atoms with Crippen LogP contribution in [-0.2, 0) is 0 Å². The first-order chi connectivity index (χ1) is 16.2. The van der Waals surface area contributed by atoms with Crippen LogP contribution in [0.3, 0.4) is 0 Å². The summed E-state index contributed by atoms with van der Waals surface area (Å²) in [6.45, 7) is 1.78. The van der Waals surface area contributed by atoms with E-state index in [0.717, 1.165) is 0 Å². The lowest BCUT2D eigenvalue weighted by atomic mass is 10.1. The highest BCUT2D eigenvalue weighted by Crippen LogP contribution is 2.30. The number of nitrogen functional groups attached to an aromatic ring is 1. The van der Waals surface area contributed by atoms with Crippen LogP contribution in [0.2, 0.25) is 0 Å². The van der Waals surface area contributed by atoms with Crippen LogP contribution in [0.5, 0.6) is 5.88 Å². The summed E-state index contributed by atoms with van der Waals surface area (Å²) in [6, 6.07) is 19.0. The van der Waals surface area contributed by atoms with Crippen LogP contribution in [0.4, 0.5) is 17.1 Å². The Morgan fingerprint density at radius 1 is 1.00 bits per heavy atom. The highest BCUT2D eigenvalue weighted by Gasteiger charge is 2.17. The van der Waals surface area contributed by atoms with Gasteiger partial charge >= 0.3 is 0 Å². The molecule has 2 amide bonds. The molecule has 4 rings (SSSR count). The fourth-order valence-electron chi connectivity index (χ4n) is 3.68. The second-order valence-corrected chi connectivity index (χ2v) is 8.09. The van der Waals surface area contributed by atoms with E-state index in [1.807, 2.05) is 0 Å². The van der Waals surface area contributed by atoms with Gasteiger partial charge in [0, 0.05) is 36.1 Å². The minimum absolute atomic E-state index is 0.0258. The first-order valence-corrected chi connectivity index (χ1v) is 10.6. The number of carbonyl (C=O) groups is 2. The van der Waals surface area contributed by atoms with Gasteiger partial charge in [0.25, 0.3) is 11.8 Å². The molecule has 0 unspecified atom stereocenters. The molecule has 0 saturated carbocycles. The number of H-pyrrole nitrogens is 1. The van der Waals surface area contributed by atoms with Crippen LogP contribution in [0, 0.1) is 0 Å². The fourth-order valence-corrected chi connectivity index (χ4v) is 3.68. The Bertz CT molecular complexity index is 1420. The number of aromatic nitrogens is 1. The van der Waals surface area contributed by atoms with Gasteiger partial charge in [-0.25, -0.2) is 0 Å². The SMILES string of the molecule is CC(=Nc1ccc(C(=O)Nc2ccccc2N)cc1)c1c(O)[nH]c2ccc(C(=O)N(C)C)cc12. The normalized spacial score (nSPS) is 11.4. The molecule has 0 aliphatic carbocycles. The van der Waals surface area contributed by atoms with Gasteiger partial charge in [-0.3, -0.25) is 14.6 Å². The molecule has 0 aliphatic rings. The second-order valence-electron chi connectivity index (χ2n) is 8.09. The molecule has 8 heteroatoms. The number of nitrogens with one attached hydrogen (secondary N) is 2. The third-order valence-electron chi connectivity index (χ3n) is 5.43.